The maximum Gasteiger partial charge on any atom is 0.253 e. The summed E-state index contributed by atoms with van der Waals surface area (Å²) in [5.74, 6) is 1.18. The minimum Gasteiger partial charge on any atom is -0.495 e. The number of rotatable bonds is 7. The number of hydrogen-bond acceptors (Lipinski definition) is 5. The van der Waals surface area contributed by atoms with Crippen LogP contribution >= 0.6 is 11.6 Å². The summed E-state index contributed by atoms with van der Waals surface area (Å²) in [5, 5.41) is 4.66. The van der Waals surface area contributed by atoms with Crippen LogP contribution in [0.5, 0.6) is 5.75 Å². The second-order valence-corrected chi connectivity index (χ2v) is 8.72. The molecule has 35 heavy (non-hydrogen) atoms. The highest BCUT2D eigenvalue weighted by Crippen LogP contribution is 2.30. The minimum atomic E-state index is -0.291. The fraction of sp³-hybridized carbons (Fsp3) is 0.148. The molecule has 0 amide bonds. The van der Waals surface area contributed by atoms with Gasteiger partial charge in [-0.05, 0) is 36.8 Å². The molecule has 8 heteroatoms. The van der Waals surface area contributed by atoms with Gasteiger partial charge in [-0.25, -0.2) is 9.97 Å². The van der Waals surface area contributed by atoms with E-state index in [1.807, 2.05) is 55.8 Å². The van der Waals surface area contributed by atoms with E-state index < -0.39 is 0 Å². The van der Waals surface area contributed by atoms with Gasteiger partial charge in [-0.2, -0.15) is 0 Å². The average Bonchev–Trinajstić information content (AvgIpc) is 3.32. The van der Waals surface area contributed by atoms with Crippen LogP contribution in [0.4, 0.5) is 5.82 Å². The Morgan fingerprint density at radius 2 is 1.97 bits per heavy atom. The molecule has 2 N–H and O–H groups in total. The number of nitrogens with one attached hydrogen (secondary N) is 2. The Hall–Kier alpha value is -4.10. The van der Waals surface area contributed by atoms with Crippen LogP contribution in [0.3, 0.4) is 0 Å². The van der Waals surface area contributed by atoms with Crippen molar-refractivity contribution in [2.45, 2.75) is 19.5 Å². The van der Waals surface area contributed by atoms with E-state index in [-0.39, 0.29) is 11.6 Å². The van der Waals surface area contributed by atoms with E-state index in [2.05, 4.69) is 37.0 Å². The van der Waals surface area contributed by atoms with E-state index in [0.717, 1.165) is 23.2 Å². The van der Waals surface area contributed by atoms with Crippen molar-refractivity contribution in [2.75, 3.05) is 12.4 Å². The van der Waals surface area contributed by atoms with Gasteiger partial charge in [0.1, 0.15) is 11.6 Å². The molecule has 0 aliphatic heterocycles. The summed E-state index contributed by atoms with van der Waals surface area (Å²) in [7, 11) is 1.54. The van der Waals surface area contributed by atoms with Crippen LogP contribution in [-0.4, -0.2) is 26.6 Å². The maximum absolute atomic E-state index is 12.8. The van der Waals surface area contributed by atoms with Gasteiger partial charge in [0.2, 0.25) is 0 Å². The van der Waals surface area contributed by atoms with Gasteiger partial charge >= 0.3 is 0 Å². The number of methoxy groups -OCH3 is 1. The maximum atomic E-state index is 12.8. The predicted molar refractivity (Wildman–Crippen MR) is 139 cm³/mol. The third kappa shape index (κ3) is 4.76. The van der Waals surface area contributed by atoms with Crippen molar-refractivity contribution < 1.29 is 4.74 Å². The molecular weight excluding hydrogens is 462 g/mol. The molecule has 0 fully saturated rings. The standard InChI is InChI=1S/C27H24ClN5O2/c1-17(21-10-20-11-22(28)25(35-2)13-23(20)32-27(21)34)31-26-12-19(8-9-30-26)24-14-29-16-33(24)15-18-6-4-3-5-7-18/h3-14,16-17H,15H2,1-2H3,(H,30,31)(H,32,34). The number of benzene rings is 2. The van der Waals surface area contributed by atoms with Gasteiger partial charge < -0.3 is 19.6 Å². The molecule has 1 atom stereocenters. The summed E-state index contributed by atoms with van der Waals surface area (Å²) in [5.41, 5.74) is 4.23. The van der Waals surface area contributed by atoms with Gasteiger partial charge in [-0.3, -0.25) is 4.79 Å². The van der Waals surface area contributed by atoms with Gasteiger partial charge in [0.15, 0.2) is 0 Å². The molecule has 3 aromatic heterocycles. The van der Waals surface area contributed by atoms with E-state index in [9.17, 15) is 4.79 Å². The minimum absolute atomic E-state index is 0.182. The molecule has 0 saturated heterocycles. The SMILES string of the molecule is COc1cc2[nH]c(=O)c(C(C)Nc3cc(-c4cncn4Cc4ccccc4)ccn3)cc2cc1Cl. The summed E-state index contributed by atoms with van der Waals surface area (Å²) in [6.07, 6.45) is 5.42. The molecule has 0 saturated carbocycles. The molecule has 3 heterocycles. The van der Waals surface area contributed by atoms with Gasteiger partial charge in [0.05, 0.1) is 41.9 Å². The van der Waals surface area contributed by atoms with Gasteiger partial charge in [0.25, 0.3) is 5.56 Å². The smallest absolute Gasteiger partial charge is 0.253 e. The van der Waals surface area contributed by atoms with E-state index in [4.69, 9.17) is 16.3 Å². The molecule has 1 unspecified atom stereocenters. The number of ether oxygens (including phenoxy) is 1. The first-order valence-corrected chi connectivity index (χ1v) is 11.6. The van der Waals surface area contributed by atoms with E-state index in [1.54, 1.807) is 25.4 Å². The molecular formula is C27H24ClN5O2. The fourth-order valence-electron chi connectivity index (χ4n) is 4.14. The normalized spacial score (nSPS) is 12.0. The third-order valence-electron chi connectivity index (χ3n) is 5.94. The Bertz CT molecular complexity index is 1540. The Labute approximate surface area is 207 Å². The number of fused-ring (bicyclic) bond motifs is 1. The van der Waals surface area contributed by atoms with Crippen LogP contribution in [0.1, 0.15) is 24.1 Å². The highest BCUT2D eigenvalue weighted by atomic mass is 35.5. The number of hydrogen-bond donors (Lipinski definition) is 2. The summed E-state index contributed by atoms with van der Waals surface area (Å²) in [6.45, 7) is 2.65. The predicted octanol–water partition coefficient (Wildman–Crippen LogP) is 5.67. The zero-order valence-electron chi connectivity index (χ0n) is 19.3. The van der Waals surface area contributed by atoms with Crippen molar-refractivity contribution in [3.8, 4) is 17.0 Å². The van der Waals surface area contributed by atoms with Crippen LogP contribution in [0.15, 0.2) is 84.2 Å². The summed E-state index contributed by atoms with van der Waals surface area (Å²) >= 11 is 6.29. The largest absolute Gasteiger partial charge is 0.495 e. The first kappa shape index (κ1) is 22.7. The average molecular weight is 486 g/mol. The first-order valence-electron chi connectivity index (χ1n) is 11.2. The molecule has 5 aromatic rings. The highest BCUT2D eigenvalue weighted by molar-refractivity contribution is 6.32. The fourth-order valence-corrected chi connectivity index (χ4v) is 4.39. The number of pyridine rings is 2. The second-order valence-electron chi connectivity index (χ2n) is 8.32. The van der Waals surface area contributed by atoms with Gasteiger partial charge in [-0.15, -0.1) is 0 Å². The Morgan fingerprint density at radius 3 is 2.77 bits per heavy atom. The number of aromatic nitrogens is 4. The lowest BCUT2D eigenvalue weighted by atomic mass is 10.1. The topological polar surface area (TPSA) is 84.8 Å². The van der Waals surface area contributed by atoms with Crippen LogP contribution in [0, 0.1) is 0 Å². The lowest BCUT2D eigenvalue weighted by Crippen LogP contribution is -2.19. The molecule has 5 rings (SSSR count). The number of nitrogens with zero attached hydrogens (tertiary/aromatic N) is 3. The van der Waals surface area contributed by atoms with Crippen molar-refractivity contribution in [3.63, 3.8) is 0 Å². The Balaban J connectivity index is 1.41. The first-order chi connectivity index (χ1) is 17.0. The summed E-state index contributed by atoms with van der Waals surface area (Å²) in [4.78, 5) is 24.6. The highest BCUT2D eigenvalue weighted by Gasteiger charge is 2.14. The molecule has 0 aliphatic rings. The number of anilines is 1. The van der Waals surface area contributed by atoms with Crippen LogP contribution in [0.2, 0.25) is 5.02 Å². The van der Waals surface area contributed by atoms with Gasteiger partial charge in [-0.1, -0.05) is 41.9 Å². The van der Waals surface area contributed by atoms with E-state index >= 15 is 0 Å². The number of imidazole rings is 1. The molecule has 0 spiro atoms. The van der Waals surface area contributed by atoms with Crippen LogP contribution in [0.25, 0.3) is 22.2 Å². The lowest BCUT2D eigenvalue weighted by Gasteiger charge is -2.16. The number of halogens is 1. The number of H-pyrrole nitrogens is 1. The lowest BCUT2D eigenvalue weighted by molar-refractivity contribution is 0.415. The van der Waals surface area contributed by atoms with Crippen molar-refractivity contribution in [3.05, 3.63) is 106 Å². The van der Waals surface area contributed by atoms with Crippen molar-refractivity contribution in [2.24, 2.45) is 0 Å². The van der Waals surface area contributed by atoms with E-state index in [1.165, 1.54) is 5.56 Å². The van der Waals surface area contributed by atoms with Crippen molar-refractivity contribution in [1.82, 2.24) is 19.5 Å². The Morgan fingerprint density at radius 1 is 1.14 bits per heavy atom. The molecule has 0 bridgehead atoms. The zero-order valence-corrected chi connectivity index (χ0v) is 20.1. The molecule has 176 valence electrons. The number of aromatic amines is 1. The quantitative estimate of drug-likeness (QED) is 0.310. The van der Waals surface area contributed by atoms with E-state index in [0.29, 0.717) is 27.7 Å². The summed E-state index contributed by atoms with van der Waals surface area (Å²) in [6, 6.07) is 19.2. The van der Waals surface area contributed by atoms with Crippen LogP contribution < -0.4 is 15.6 Å². The molecule has 2 aromatic carbocycles. The second kappa shape index (κ2) is 9.64. The van der Waals surface area contributed by atoms with Crippen LogP contribution in [-0.2, 0) is 6.54 Å². The van der Waals surface area contributed by atoms with Crippen molar-refractivity contribution in [1.29, 1.82) is 0 Å². The van der Waals surface area contributed by atoms with Gasteiger partial charge in [0, 0.05) is 35.3 Å². The summed E-state index contributed by atoms with van der Waals surface area (Å²) < 4.78 is 7.35. The van der Waals surface area contributed by atoms with Crippen molar-refractivity contribution >= 4 is 28.3 Å². The molecule has 0 radical (unpaired) electrons. The molecule has 0 aliphatic carbocycles. The zero-order chi connectivity index (χ0) is 24.4. The third-order valence-corrected chi connectivity index (χ3v) is 6.24. The monoisotopic (exact) mass is 485 g/mol. The Kier molecular flexibility index (Phi) is 6.25. The molecule has 7 nitrogen and oxygen atoms in total.